The number of hydrogen-bond acceptors (Lipinski definition) is 6. The van der Waals surface area contributed by atoms with Crippen molar-refractivity contribution < 1.29 is 14.3 Å². The molecule has 0 fully saturated rings. The summed E-state index contributed by atoms with van der Waals surface area (Å²) in [5.74, 6) is 1.49. The van der Waals surface area contributed by atoms with Crippen LogP contribution in [0.25, 0.3) is 11.8 Å². The van der Waals surface area contributed by atoms with Crippen LogP contribution in [0.2, 0.25) is 13.1 Å². The lowest BCUT2D eigenvalue weighted by Gasteiger charge is -2.14. The molecule has 2 aromatic carbocycles. The Morgan fingerprint density at radius 1 is 1.21 bits per heavy atom. The Morgan fingerprint density at radius 3 is 2.58 bits per heavy atom. The number of aryl methyl sites for hydroxylation is 1. The third kappa shape index (κ3) is 4.79. The van der Waals surface area contributed by atoms with Gasteiger partial charge in [-0.3, -0.25) is 14.4 Å². The third-order valence-electron chi connectivity index (χ3n) is 5.39. The molecule has 0 saturated carbocycles. The number of benzene rings is 2. The summed E-state index contributed by atoms with van der Waals surface area (Å²) in [5.41, 5.74) is 11.7. The number of methoxy groups -OCH3 is 1. The van der Waals surface area contributed by atoms with E-state index in [9.17, 15) is 9.59 Å². The smallest absolute Gasteiger partial charge is 0.220 e. The number of carbonyl (C=O) groups excluding carboxylic acids is 1. The number of carbonyl (C=O) groups is 1. The zero-order valence-electron chi connectivity index (χ0n) is 19.1. The summed E-state index contributed by atoms with van der Waals surface area (Å²) in [6.07, 6.45) is 1.95. The van der Waals surface area contributed by atoms with E-state index in [1.807, 2.05) is 78.8 Å². The van der Waals surface area contributed by atoms with Crippen LogP contribution in [0.4, 0.5) is 0 Å². The standard InChI is InChI=1S/C24H27N5O3Si/c1-15-27-28-24-20(14-22(25)30)26-23(19-13-18(32-2)9-10-21(19)29(15)24)17-7-5-16(6-8-17)11-12-33(3,4)31/h5-13,20,31H,14H2,1-4H3,(H2,25,30)/b12-11+/t20-/m0/s1. The van der Waals surface area contributed by atoms with Crippen LogP contribution in [0.5, 0.6) is 5.75 Å². The SMILES string of the molecule is COc1ccc2c(c1)C(c1ccc(/C=C/[Si](C)(C)O)cc1)=N[C@@H](CC(N)=O)c1nnc(C)n1-2. The molecular formula is C24H27N5O3Si. The van der Waals surface area contributed by atoms with Gasteiger partial charge in [0.2, 0.25) is 14.2 Å². The highest BCUT2D eigenvalue weighted by molar-refractivity contribution is 6.75. The summed E-state index contributed by atoms with van der Waals surface area (Å²) in [6, 6.07) is 13.1. The molecule has 0 spiro atoms. The van der Waals surface area contributed by atoms with Crippen LogP contribution in [0.3, 0.4) is 0 Å². The van der Waals surface area contributed by atoms with Crippen molar-refractivity contribution in [2.45, 2.75) is 32.5 Å². The van der Waals surface area contributed by atoms with Crippen molar-refractivity contribution in [1.29, 1.82) is 0 Å². The molecule has 33 heavy (non-hydrogen) atoms. The van der Waals surface area contributed by atoms with E-state index >= 15 is 0 Å². The van der Waals surface area contributed by atoms with Crippen molar-refractivity contribution in [3.8, 4) is 11.4 Å². The fourth-order valence-electron chi connectivity index (χ4n) is 3.81. The molecule has 0 aliphatic carbocycles. The zero-order chi connectivity index (χ0) is 23.8. The Balaban J connectivity index is 1.88. The normalized spacial score (nSPS) is 15.5. The van der Waals surface area contributed by atoms with E-state index in [2.05, 4.69) is 10.2 Å². The first-order valence-corrected chi connectivity index (χ1v) is 13.7. The molecule has 1 aliphatic heterocycles. The predicted octanol–water partition coefficient (Wildman–Crippen LogP) is 3.10. The Labute approximate surface area is 193 Å². The Morgan fingerprint density at radius 2 is 1.94 bits per heavy atom. The maximum Gasteiger partial charge on any atom is 0.220 e. The molecule has 2 heterocycles. The Kier molecular flexibility index (Phi) is 6.01. The predicted molar refractivity (Wildman–Crippen MR) is 130 cm³/mol. The number of fused-ring (bicyclic) bond motifs is 3. The van der Waals surface area contributed by atoms with Gasteiger partial charge < -0.3 is 15.3 Å². The number of aromatic nitrogens is 3. The number of hydrogen-bond donors (Lipinski definition) is 2. The first kappa shape index (κ1) is 22.6. The number of nitrogens with zero attached hydrogens (tertiary/aromatic N) is 4. The van der Waals surface area contributed by atoms with Crippen molar-refractivity contribution in [1.82, 2.24) is 14.8 Å². The van der Waals surface area contributed by atoms with Gasteiger partial charge >= 0.3 is 0 Å². The maximum atomic E-state index is 11.9. The van der Waals surface area contributed by atoms with Gasteiger partial charge in [-0.15, -0.1) is 10.2 Å². The number of primary amides is 1. The first-order chi connectivity index (χ1) is 15.7. The highest BCUT2D eigenvalue weighted by atomic mass is 28.4. The molecule has 0 unspecified atom stereocenters. The fraction of sp³-hybridized carbons (Fsp3) is 0.250. The van der Waals surface area contributed by atoms with E-state index in [0.29, 0.717) is 23.1 Å². The fourth-order valence-corrected chi connectivity index (χ4v) is 4.41. The van der Waals surface area contributed by atoms with Crippen molar-refractivity contribution in [3.05, 3.63) is 76.5 Å². The molecule has 3 N–H and O–H groups in total. The summed E-state index contributed by atoms with van der Waals surface area (Å²) in [7, 11) is -0.668. The van der Waals surface area contributed by atoms with Gasteiger partial charge in [0.05, 0.1) is 24.9 Å². The summed E-state index contributed by atoms with van der Waals surface area (Å²) in [5, 5.41) is 8.54. The maximum absolute atomic E-state index is 11.9. The van der Waals surface area contributed by atoms with Crippen LogP contribution in [-0.4, -0.2) is 46.6 Å². The second-order valence-electron chi connectivity index (χ2n) is 8.60. The van der Waals surface area contributed by atoms with Crippen LogP contribution >= 0.6 is 0 Å². The molecule has 1 atom stereocenters. The summed E-state index contributed by atoms with van der Waals surface area (Å²) < 4.78 is 7.40. The highest BCUT2D eigenvalue weighted by Crippen LogP contribution is 2.34. The van der Waals surface area contributed by atoms with Gasteiger partial charge in [-0.05, 0) is 43.8 Å². The summed E-state index contributed by atoms with van der Waals surface area (Å²) >= 11 is 0. The van der Waals surface area contributed by atoms with Gasteiger partial charge in [0.25, 0.3) is 0 Å². The first-order valence-electron chi connectivity index (χ1n) is 10.6. The van der Waals surface area contributed by atoms with Gasteiger partial charge in [-0.1, -0.05) is 36.0 Å². The number of amides is 1. The second-order valence-corrected chi connectivity index (χ2v) is 12.2. The molecule has 1 aromatic heterocycles. The Hall–Kier alpha value is -3.56. The van der Waals surface area contributed by atoms with E-state index in [0.717, 1.165) is 22.4 Å². The average Bonchev–Trinajstić information content (AvgIpc) is 3.09. The van der Waals surface area contributed by atoms with Gasteiger partial charge in [0.1, 0.15) is 17.6 Å². The van der Waals surface area contributed by atoms with Gasteiger partial charge in [0, 0.05) is 11.1 Å². The minimum Gasteiger partial charge on any atom is -0.497 e. The highest BCUT2D eigenvalue weighted by Gasteiger charge is 2.29. The lowest BCUT2D eigenvalue weighted by molar-refractivity contribution is -0.118. The van der Waals surface area contributed by atoms with E-state index in [4.69, 9.17) is 15.5 Å². The molecule has 170 valence electrons. The largest absolute Gasteiger partial charge is 0.497 e. The van der Waals surface area contributed by atoms with E-state index in [-0.39, 0.29) is 6.42 Å². The van der Waals surface area contributed by atoms with E-state index in [1.165, 1.54) is 0 Å². The van der Waals surface area contributed by atoms with Crippen LogP contribution in [0, 0.1) is 6.92 Å². The molecule has 3 aromatic rings. The zero-order valence-corrected chi connectivity index (χ0v) is 20.1. The van der Waals surface area contributed by atoms with Crippen molar-refractivity contribution in [3.63, 3.8) is 0 Å². The molecule has 4 rings (SSSR count). The van der Waals surface area contributed by atoms with Gasteiger partial charge in [0.15, 0.2) is 5.82 Å². The van der Waals surface area contributed by atoms with Gasteiger partial charge in [-0.25, -0.2) is 0 Å². The third-order valence-corrected chi connectivity index (χ3v) is 6.38. The lowest BCUT2D eigenvalue weighted by Crippen LogP contribution is -2.21. The van der Waals surface area contributed by atoms with Crippen LogP contribution in [0.1, 0.15) is 40.8 Å². The number of ether oxygens (including phenoxy) is 1. The van der Waals surface area contributed by atoms with Gasteiger partial charge in [-0.2, -0.15) is 0 Å². The quantitative estimate of drug-likeness (QED) is 0.547. The Bertz CT molecular complexity index is 1260. The van der Waals surface area contributed by atoms with E-state index < -0.39 is 20.3 Å². The topological polar surface area (TPSA) is 116 Å². The van der Waals surface area contributed by atoms with Crippen molar-refractivity contribution in [2.24, 2.45) is 10.7 Å². The minimum absolute atomic E-state index is 0.0176. The second kappa shape index (κ2) is 8.76. The van der Waals surface area contributed by atoms with Crippen LogP contribution in [-0.2, 0) is 4.79 Å². The molecular weight excluding hydrogens is 434 g/mol. The van der Waals surface area contributed by atoms with Crippen molar-refractivity contribution in [2.75, 3.05) is 7.11 Å². The van der Waals surface area contributed by atoms with Crippen LogP contribution < -0.4 is 10.5 Å². The minimum atomic E-state index is -2.29. The molecule has 1 amide bonds. The number of aliphatic imine (C=N–C) groups is 1. The molecule has 8 nitrogen and oxygen atoms in total. The molecule has 0 saturated heterocycles. The molecule has 1 aliphatic rings. The summed E-state index contributed by atoms with van der Waals surface area (Å²) in [4.78, 5) is 26.9. The number of nitrogens with two attached hydrogens (primary N) is 1. The van der Waals surface area contributed by atoms with Crippen LogP contribution in [0.15, 0.2) is 53.2 Å². The monoisotopic (exact) mass is 461 g/mol. The summed E-state index contributed by atoms with van der Waals surface area (Å²) in [6.45, 7) is 5.59. The molecule has 0 bridgehead atoms. The average molecular weight is 462 g/mol. The van der Waals surface area contributed by atoms with E-state index in [1.54, 1.807) is 7.11 Å². The molecule has 9 heteroatoms. The lowest BCUT2D eigenvalue weighted by atomic mass is 9.99. The van der Waals surface area contributed by atoms with Crippen molar-refractivity contribution >= 4 is 26.0 Å². The number of rotatable bonds is 6. The molecule has 0 radical (unpaired) electrons.